The minimum atomic E-state index is 0. The third kappa shape index (κ3) is 5.93. The molecule has 2 unspecified atom stereocenters. The van der Waals surface area contributed by atoms with E-state index in [9.17, 15) is 0 Å². The van der Waals surface area contributed by atoms with Crippen molar-refractivity contribution in [3.05, 3.63) is 53.9 Å². The van der Waals surface area contributed by atoms with E-state index in [4.69, 9.17) is 4.74 Å². The van der Waals surface area contributed by atoms with Crippen molar-refractivity contribution in [1.29, 1.82) is 0 Å². The molecule has 2 aliphatic heterocycles. The third-order valence-corrected chi connectivity index (χ3v) is 5.64. The van der Waals surface area contributed by atoms with Crippen molar-refractivity contribution in [2.24, 2.45) is 4.99 Å². The van der Waals surface area contributed by atoms with Crippen LogP contribution in [0.5, 0.6) is 0 Å². The first kappa shape index (κ1) is 22.0. The Morgan fingerprint density at radius 3 is 2.90 bits per heavy atom. The lowest BCUT2D eigenvalue weighted by molar-refractivity contribution is -0.0453. The first-order chi connectivity index (χ1) is 13.8. The number of hydrogen-bond acceptors (Lipinski definition) is 4. The summed E-state index contributed by atoms with van der Waals surface area (Å²) in [5.74, 6) is 0.807. The van der Waals surface area contributed by atoms with Crippen LogP contribution in [-0.2, 0) is 17.8 Å². The van der Waals surface area contributed by atoms with Gasteiger partial charge < -0.3 is 15.4 Å². The average molecular weight is 510 g/mol. The van der Waals surface area contributed by atoms with Gasteiger partial charge in [0.25, 0.3) is 0 Å². The monoisotopic (exact) mass is 510 g/mol. The molecule has 1 aromatic heterocycles. The molecule has 0 amide bonds. The fourth-order valence-corrected chi connectivity index (χ4v) is 4.07. The van der Waals surface area contributed by atoms with Crippen molar-refractivity contribution >= 4 is 29.9 Å². The number of rotatable bonds is 6. The number of hydrogen-bond donors (Lipinski definition) is 2. The normalized spacial score (nSPS) is 22.0. The number of fused-ring (bicyclic) bond motifs is 1. The first-order valence-electron chi connectivity index (χ1n) is 10.2. The molecule has 0 aliphatic carbocycles. The van der Waals surface area contributed by atoms with Crippen LogP contribution in [-0.4, -0.2) is 66.1 Å². The van der Waals surface area contributed by atoms with Gasteiger partial charge in [0.2, 0.25) is 0 Å². The molecular formula is C21H31IN6O. The molecular weight excluding hydrogens is 479 g/mol. The van der Waals surface area contributed by atoms with E-state index in [-0.39, 0.29) is 30.1 Å². The minimum Gasteiger partial charge on any atom is -0.373 e. The number of ether oxygens (including phenoxy) is 1. The van der Waals surface area contributed by atoms with Crippen molar-refractivity contribution in [3.63, 3.8) is 0 Å². The van der Waals surface area contributed by atoms with Gasteiger partial charge in [0, 0.05) is 45.1 Å². The van der Waals surface area contributed by atoms with Crippen molar-refractivity contribution in [1.82, 2.24) is 25.3 Å². The lowest BCUT2D eigenvalue weighted by Crippen LogP contribution is -2.51. The van der Waals surface area contributed by atoms with E-state index in [1.807, 2.05) is 30.2 Å². The van der Waals surface area contributed by atoms with Crippen molar-refractivity contribution in [2.75, 3.05) is 33.3 Å². The van der Waals surface area contributed by atoms with E-state index in [0.717, 1.165) is 38.7 Å². The van der Waals surface area contributed by atoms with Crippen LogP contribution >= 0.6 is 24.0 Å². The largest absolute Gasteiger partial charge is 0.373 e. The molecule has 4 rings (SSSR count). The maximum atomic E-state index is 6.03. The second-order valence-electron chi connectivity index (χ2n) is 7.53. The fourth-order valence-electron chi connectivity index (χ4n) is 4.07. The number of aliphatic imine (C=N–C) groups is 1. The van der Waals surface area contributed by atoms with E-state index in [1.54, 1.807) is 0 Å². The molecule has 2 fully saturated rings. The Labute approximate surface area is 189 Å². The summed E-state index contributed by atoms with van der Waals surface area (Å²) < 4.78 is 7.97. The van der Waals surface area contributed by atoms with Crippen LogP contribution in [0.4, 0.5) is 0 Å². The highest BCUT2D eigenvalue weighted by atomic mass is 127. The van der Waals surface area contributed by atoms with E-state index in [1.165, 1.54) is 30.5 Å². The number of nitrogens with zero attached hydrogens (tertiary/aromatic N) is 4. The zero-order valence-corrected chi connectivity index (χ0v) is 19.3. The molecule has 3 heterocycles. The Bertz CT molecular complexity index is 781. The summed E-state index contributed by atoms with van der Waals surface area (Å²) in [6.07, 6.45) is 6.60. The van der Waals surface area contributed by atoms with Crippen molar-refractivity contribution in [3.8, 4) is 0 Å². The Morgan fingerprint density at radius 1 is 1.24 bits per heavy atom. The molecule has 0 spiro atoms. The molecule has 7 nitrogen and oxygen atoms in total. The summed E-state index contributed by atoms with van der Waals surface area (Å²) in [6.45, 7) is 5.35. The highest BCUT2D eigenvalue weighted by molar-refractivity contribution is 14.0. The minimum absolute atomic E-state index is 0. The third-order valence-electron chi connectivity index (χ3n) is 5.64. The van der Waals surface area contributed by atoms with Gasteiger partial charge in [-0.2, -0.15) is 5.10 Å². The molecule has 2 aromatic rings. The van der Waals surface area contributed by atoms with E-state index < -0.39 is 0 Å². The zero-order chi connectivity index (χ0) is 19.2. The van der Waals surface area contributed by atoms with Gasteiger partial charge in [0.1, 0.15) is 0 Å². The molecule has 0 radical (unpaired) electrons. The van der Waals surface area contributed by atoms with E-state index >= 15 is 0 Å². The van der Waals surface area contributed by atoms with Gasteiger partial charge in [0.15, 0.2) is 5.96 Å². The molecule has 1 aromatic carbocycles. The van der Waals surface area contributed by atoms with Crippen LogP contribution in [0.25, 0.3) is 0 Å². The van der Waals surface area contributed by atoms with Crippen LogP contribution in [0.2, 0.25) is 0 Å². The molecule has 2 N–H and O–H groups in total. The lowest BCUT2D eigenvalue weighted by Gasteiger charge is -2.35. The Morgan fingerprint density at radius 2 is 2.10 bits per heavy atom. The van der Waals surface area contributed by atoms with Crippen LogP contribution < -0.4 is 10.6 Å². The highest BCUT2D eigenvalue weighted by Crippen LogP contribution is 2.22. The summed E-state index contributed by atoms with van der Waals surface area (Å²) in [5, 5.41) is 11.2. The summed E-state index contributed by atoms with van der Waals surface area (Å²) in [5.41, 5.74) is 2.50. The van der Waals surface area contributed by atoms with Gasteiger partial charge in [-0.1, -0.05) is 24.3 Å². The number of morpholine rings is 1. The van der Waals surface area contributed by atoms with Crippen LogP contribution in [0, 0.1) is 0 Å². The van der Waals surface area contributed by atoms with Gasteiger partial charge >= 0.3 is 0 Å². The predicted octanol–water partition coefficient (Wildman–Crippen LogP) is 2.08. The van der Waals surface area contributed by atoms with Gasteiger partial charge in [-0.3, -0.25) is 14.6 Å². The maximum absolute atomic E-state index is 6.03. The molecule has 2 atom stereocenters. The van der Waals surface area contributed by atoms with E-state index in [0.29, 0.717) is 6.04 Å². The topological polar surface area (TPSA) is 66.7 Å². The Hall–Kier alpha value is -1.65. The molecule has 8 heteroatoms. The standard InChI is InChI=1S/C21H30N6O.HI/c1-22-21(24-13-20-15-26-10-4-8-19(26)16-28-20)23-12-17-6-2-3-7-18(17)14-27-11-5-9-25-27;/h2-3,5-7,9,11,19-20H,4,8,10,12-16H2,1H3,(H2,22,23,24);1H. The van der Waals surface area contributed by atoms with Crippen molar-refractivity contribution in [2.45, 2.75) is 38.1 Å². The summed E-state index contributed by atoms with van der Waals surface area (Å²) >= 11 is 0. The molecule has 29 heavy (non-hydrogen) atoms. The quantitative estimate of drug-likeness (QED) is 0.354. The van der Waals surface area contributed by atoms with E-state index in [2.05, 4.69) is 49.9 Å². The second-order valence-corrected chi connectivity index (χ2v) is 7.53. The predicted molar refractivity (Wildman–Crippen MR) is 126 cm³/mol. The van der Waals surface area contributed by atoms with Gasteiger partial charge in [-0.05, 0) is 36.6 Å². The van der Waals surface area contributed by atoms with Gasteiger partial charge in [0.05, 0.1) is 19.3 Å². The first-order valence-corrected chi connectivity index (χ1v) is 10.2. The Balaban J connectivity index is 0.00000240. The summed E-state index contributed by atoms with van der Waals surface area (Å²) in [7, 11) is 1.81. The number of aromatic nitrogens is 2. The van der Waals surface area contributed by atoms with Crippen LogP contribution in [0.3, 0.4) is 0 Å². The fraction of sp³-hybridized carbons (Fsp3) is 0.524. The smallest absolute Gasteiger partial charge is 0.191 e. The average Bonchev–Trinajstić information content (AvgIpc) is 3.40. The van der Waals surface area contributed by atoms with Crippen molar-refractivity contribution < 1.29 is 4.74 Å². The SMILES string of the molecule is CN=C(NCc1ccccc1Cn1cccn1)NCC1CN2CCCC2CO1.I. The summed E-state index contributed by atoms with van der Waals surface area (Å²) in [4.78, 5) is 6.93. The highest BCUT2D eigenvalue weighted by Gasteiger charge is 2.32. The summed E-state index contributed by atoms with van der Waals surface area (Å²) in [6, 6.07) is 11.0. The second kappa shape index (κ2) is 10.9. The molecule has 158 valence electrons. The number of nitrogens with one attached hydrogen (secondary N) is 2. The van der Waals surface area contributed by atoms with Gasteiger partial charge in [-0.25, -0.2) is 0 Å². The zero-order valence-electron chi connectivity index (χ0n) is 17.0. The molecule has 0 saturated carbocycles. The molecule has 2 saturated heterocycles. The Kier molecular flexibility index (Phi) is 8.31. The van der Waals surface area contributed by atoms with Gasteiger partial charge in [-0.15, -0.1) is 24.0 Å². The molecule has 2 aliphatic rings. The number of benzene rings is 1. The number of guanidine groups is 1. The van der Waals surface area contributed by atoms with Crippen LogP contribution in [0.15, 0.2) is 47.7 Å². The van der Waals surface area contributed by atoms with Crippen LogP contribution in [0.1, 0.15) is 24.0 Å². The lowest BCUT2D eigenvalue weighted by atomic mass is 10.1. The maximum Gasteiger partial charge on any atom is 0.191 e. The molecule has 0 bridgehead atoms. The number of halogens is 1.